The number of hydrogen-bond acceptors (Lipinski definition) is 4. The van der Waals surface area contributed by atoms with E-state index in [1.54, 1.807) is 6.20 Å². The number of hydrogen-bond donors (Lipinski definition) is 2. The molecule has 1 aliphatic heterocycles. The lowest BCUT2D eigenvalue weighted by Gasteiger charge is -2.24. The van der Waals surface area contributed by atoms with Gasteiger partial charge in [-0.2, -0.15) is 11.8 Å². The maximum absolute atomic E-state index is 12.0. The lowest BCUT2D eigenvalue weighted by Crippen LogP contribution is -2.49. The van der Waals surface area contributed by atoms with Gasteiger partial charge in [-0.15, -0.1) is 0 Å². The second-order valence-corrected chi connectivity index (χ2v) is 5.22. The minimum Gasteiger partial charge on any atom is -0.347 e. The number of pyridine rings is 1. The van der Waals surface area contributed by atoms with Crippen LogP contribution in [0.2, 0.25) is 0 Å². The van der Waals surface area contributed by atoms with E-state index in [0.29, 0.717) is 0 Å². The Labute approximate surface area is 106 Å². The normalized spacial score (nSPS) is 21.8. The highest BCUT2D eigenvalue weighted by molar-refractivity contribution is 7.99. The molecule has 0 radical (unpaired) electrons. The molecule has 1 aliphatic rings. The maximum Gasteiger partial charge on any atom is 0.238 e. The Kier molecular flexibility index (Phi) is 4.39. The Bertz CT molecular complexity index is 365. The molecule has 0 aromatic carbocycles. The summed E-state index contributed by atoms with van der Waals surface area (Å²) in [5, 5.41) is 6.21. The summed E-state index contributed by atoms with van der Waals surface area (Å²) < 4.78 is 0. The first-order valence-electron chi connectivity index (χ1n) is 5.80. The summed E-state index contributed by atoms with van der Waals surface area (Å²) in [4.78, 5) is 16.2. The molecular weight excluding hydrogens is 234 g/mol. The average molecular weight is 251 g/mol. The average Bonchev–Trinajstić information content (AvgIpc) is 2.40. The van der Waals surface area contributed by atoms with E-state index < -0.39 is 0 Å². The van der Waals surface area contributed by atoms with Gasteiger partial charge in [-0.3, -0.25) is 9.78 Å². The second kappa shape index (κ2) is 6.02. The van der Waals surface area contributed by atoms with Crippen LogP contribution in [0.1, 0.15) is 18.7 Å². The molecule has 1 aromatic rings. The molecule has 1 unspecified atom stereocenters. The fraction of sp³-hybridized carbons (Fsp3) is 0.500. The van der Waals surface area contributed by atoms with E-state index in [4.69, 9.17) is 0 Å². The number of carbonyl (C=O) groups is 1. The fourth-order valence-electron chi connectivity index (χ4n) is 1.75. The second-order valence-electron chi connectivity index (χ2n) is 4.07. The molecule has 4 nitrogen and oxygen atoms in total. The summed E-state index contributed by atoms with van der Waals surface area (Å²) in [6.45, 7) is 2.86. The van der Waals surface area contributed by atoms with Crippen molar-refractivity contribution in [2.75, 3.05) is 18.1 Å². The molecule has 1 amide bonds. The zero-order valence-electron chi connectivity index (χ0n) is 9.85. The molecule has 0 bridgehead atoms. The van der Waals surface area contributed by atoms with Crippen LogP contribution < -0.4 is 10.6 Å². The molecule has 0 saturated carbocycles. The monoisotopic (exact) mass is 251 g/mol. The van der Waals surface area contributed by atoms with Crippen molar-refractivity contribution in [1.82, 2.24) is 15.6 Å². The van der Waals surface area contributed by atoms with Crippen LogP contribution in [0, 0.1) is 0 Å². The van der Waals surface area contributed by atoms with Crippen LogP contribution in [0.4, 0.5) is 0 Å². The molecule has 17 heavy (non-hydrogen) atoms. The molecule has 1 aromatic heterocycles. The number of thioether (sulfide) groups is 1. The molecule has 2 rings (SSSR count). The summed E-state index contributed by atoms with van der Waals surface area (Å²) in [5.74, 6) is 2.00. The number of nitrogens with one attached hydrogen (secondary N) is 2. The Hall–Kier alpha value is -1.07. The van der Waals surface area contributed by atoms with Crippen molar-refractivity contribution in [2.45, 2.75) is 19.0 Å². The fourth-order valence-corrected chi connectivity index (χ4v) is 2.69. The van der Waals surface area contributed by atoms with Crippen molar-refractivity contribution in [3.05, 3.63) is 30.1 Å². The van der Waals surface area contributed by atoms with Gasteiger partial charge < -0.3 is 10.6 Å². The molecule has 2 heterocycles. The SMILES string of the molecule is C[C@H](NC(=O)C1CSCCN1)c1ccccn1. The number of amides is 1. The molecule has 2 atom stereocenters. The maximum atomic E-state index is 12.0. The van der Waals surface area contributed by atoms with Gasteiger partial charge in [0.25, 0.3) is 0 Å². The van der Waals surface area contributed by atoms with E-state index in [1.165, 1.54) is 0 Å². The van der Waals surface area contributed by atoms with Crippen LogP contribution in [-0.4, -0.2) is 35.0 Å². The Morgan fingerprint density at radius 1 is 1.65 bits per heavy atom. The third-order valence-electron chi connectivity index (χ3n) is 2.73. The van der Waals surface area contributed by atoms with Crippen LogP contribution in [0.15, 0.2) is 24.4 Å². The first-order valence-corrected chi connectivity index (χ1v) is 6.95. The van der Waals surface area contributed by atoms with Crippen LogP contribution >= 0.6 is 11.8 Å². The van der Waals surface area contributed by atoms with Gasteiger partial charge in [-0.05, 0) is 19.1 Å². The van der Waals surface area contributed by atoms with E-state index in [9.17, 15) is 4.79 Å². The molecule has 0 spiro atoms. The number of rotatable bonds is 3. The Morgan fingerprint density at radius 3 is 3.18 bits per heavy atom. The third kappa shape index (κ3) is 3.44. The lowest BCUT2D eigenvalue weighted by atomic mass is 10.2. The molecule has 0 aliphatic carbocycles. The summed E-state index contributed by atoms with van der Waals surface area (Å²) in [7, 11) is 0. The topological polar surface area (TPSA) is 54.0 Å². The van der Waals surface area contributed by atoms with Crippen LogP contribution in [0.3, 0.4) is 0 Å². The molecular formula is C12H17N3OS. The van der Waals surface area contributed by atoms with Gasteiger partial charge in [0, 0.05) is 24.2 Å². The first-order chi connectivity index (χ1) is 8.27. The van der Waals surface area contributed by atoms with E-state index in [-0.39, 0.29) is 18.0 Å². The standard InChI is InChI=1S/C12H17N3OS/c1-9(10-4-2-3-5-13-10)15-12(16)11-8-17-7-6-14-11/h2-5,9,11,14H,6-8H2,1H3,(H,15,16)/t9-,11?/m0/s1. The van der Waals surface area contributed by atoms with Gasteiger partial charge in [0.15, 0.2) is 0 Å². The Morgan fingerprint density at radius 2 is 2.53 bits per heavy atom. The minimum absolute atomic E-state index is 0.0440. The minimum atomic E-state index is -0.0695. The van der Waals surface area contributed by atoms with E-state index >= 15 is 0 Å². The summed E-state index contributed by atoms with van der Waals surface area (Å²) >= 11 is 1.82. The summed E-state index contributed by atoms with van der Waals surface area (Å²) in [6, 6.07) is 5.61. The largest absolute Gasteiger partial charge is 0.347 e. The van der Waals surface area contributed by atoms with Crippen LogP contribution in [0.5, 0.6) is 0 Å². The Balaban J connectivity index is 1.89. The van der Waals surface area contributed by atoms with Crippen molar-refractivity contribution in [3.63, 3.8) is 0 Å². The number of aromatic nitrogens is 1. The van der Waals surface area contributed by atoms with Crippen molar-refractivity contribution in [1.29, 1.82) is 0 Å². The summed E-state index contributed by atoms with van der Waals surface area (Å²) in [6.07, 6.45) is 1.74. The van der Waals surface area contributed by atoms with Crippen molar-refractivity contribution >= 4 is 17.7 Å². The molecule has 1 saturated heterocycles. The predicted molar refractivity (Wildman–Crippen MR) is 69.9 cm³/mol. The van der Waals surface area contributed by atoms with Crippen molar-refractivity contribution < 1.29 is 4.79 Å². The van der Waals surface area contributed by atoms with Crippen LogP contribution in [0.25, 0.3) is 0 Å². The zero-order valence-corrected chi connectivity index (χ0v) is 10.7. The smallest absolute Gasteiger partial charge is 0.238 e. The van der Waals surface area contributed by atoms with Crippen molar-refractivity contribution in [2.24, 2.45) is 0 Å². The van der Waals surface area contributed by atoms with Gasteiger partial charge in [-0.25, -0.2) is 0 Å². The number of carbonyl (C=O) groups excluding carboxylic acids is 1. The molecule has 92 valence electrons. The van der Waals surface area contributed by atoms with Crippen molar-refractivity contribution in [3.8, 4) is 0 Å². The van der Waals surface area contributed by atoms with Gasteiger partial charge in [-0.1, -0.05) is 6.07 Å². The lowest BCUT2D eigenvalue weighted by molar-refractivity contribution is -0.123. The zero-order chi connectivity index (χ0) is 12.1. The van der Waals surface area contributed by atoms with E-state index in [2.05, 4.69) is 15.6 Å². The predicted octanol–water partition coefficient (Wildman–Crippen LogP) is 0.964. The summed E-state index contributed by atoms with van der Waals surface area (Å²) in [5.41, 5.74) is 0.893. The first kappa shape index (κ1) is 12.4. The van der Waals surface area contributed by atoms with Crippen LogP contribution in [-0.2, 0) is 4.79 Å². The third-order valence-corrected chi connectivity index (χ3v) is 3.79. The van der Waals surface area contributed by atoms with Gasteiger partial charge in [0.2, 0.25) is 5.91 Å². The molecule has 5 heteroatoms. The highest BCUT2D eigenvalue weighted by Gasteiger charge is 2.22. The highest BCUT2D eigenvalue weighted by atomic mass is 32.2. The molecule has 2 N–H and O–H groups in total. The highest BCUT2D eigenvalue weighted by Crippen LogP contribution is 2.11. The number of nitrogens with zero attached hydrogens (tertiary/aromatic N) is 1. The van der Waals surface area contributed by atoms with Gasteiger partial charge >= 0.3 is 0 Å². The molecule has 1 fully saturated rings. The quantitative estimate of drug-likeness (QED) is 0.840. The van der Waals surface area contributed by atoms with Gasteiger partial charge in [0.05, 0.1) is 17.8 Å². The van der Waals surface area contributed by atoms with E-state index in [1.807, 2.05) is 36.9 Å². The van der Waals surface area contributed by atoms with E-state index in [0.717, 1.165) is 23.7 Å². The van der Waals surface area contributed by atoms with Gasteiger partial charge in [0.1, 0.15) is 0 Å².